The van der Waals surface area contributed by atoms with Crippen molar-refractivity contribution >= 4 is 6.09 Å². The molecule has 0 aliphatic carbocycles. The molecule has 0 bridgehead atoms. The molecule has 5 nitrogen and oxygen atoms in total. The first-order chi connectivity index (χ1) is 9.44. The topological polar surface area (TPSA) is 53.6 Å². The number of ether oxygens (including phenoxy) is 1. The minimum atomic E-state index is -0.401. The van der Waals surface area contributed by atoms with Crippen LogP contribution in [0, 0.1) is 5.92 Å². The van der Waals surface area contributed by atoms with Crippen molar-refractivity contribution in [2.75, 3.05) is 32.7 Å². The van der Waals surface area contributed by atoms with Crippen LogP contribution in [0.5, 0.6) is 0 Å². The Labute approximate surface area is 122 Å². The monoisotopic (exact) mass is 283 g/mol. The summed E-state index contributed by atoms with van der Waals surface area (Å²) in [4.78, 5) is 13.8. The number of hydrogen-bond acceptors (Lipinski definition) is 4. The number of rotatable bonds is 3. The van der Waals surface area contributed by atoms with E-state index in [9.17, 15) is 4.79 Å². The molecule has 5 heteroatoms. The van der Waals surface area contributed by atoms with E-state index in [1.165, 1.54) is 6.42 Å². The molecule has 116 valence electrons. The molecule has 0 aromatic rings. The first kappa shape index (κ1) is 15.6. The molecule has 2 fully saturated rings. The molecule has 0 spiro atoms. The largest absolute Gasteiger partial charge is 0.444 e. The maximum atomic E-state index is 12.0. The highest BCUT2D eigenvalue weighted by molar-refractivity contribution is 5.68. The maximum absolute atomic E-state index is 12.0. The molecule has 2 aliphatic heterocycles. The van der Waals surface area contributed by atoms with Crippen LogP contribution in [0.1, 0.15) is 40.0 Å². The summed E-state index contributed by atoms with van der Waals surface area (Å²) in [7, 11) is 0. The Morgan fingerprint density at radius 1 is 1.30 bits per heavy atom. The number of nitrogens with zero attached hydrogens (tertiary/aromatic N) is 1. The van der Waals surface area contributed by atoms with Gasteiger partial charge in [0, 0.05) is 19.1 Å². The Bertz CT molecular complexity index is 314. The lowest BCUT2D eigenvalue weighted by Gasteiger charge is -2.34. The molecule has 1 amide bonds. The summed E-state index contributed by atoms with van der Waals surface area (Å²) in [5, 5.41) is 7.05. The number of amides is 1. The van der Waals surface area contributed by atoms with Gasteiger partial charge in [0.1, 0.15) is 5.60 Å². The van der Waals surface area contributed by atoms with Gasteiger partial charge in [0.2, 0.25) is 0 Å². The highest BCUT2D eigenvalue weighted by atomic mass is 16.6. The van der Waals surface area contributed by atoms with Gasteiger partial charge in [0.15, 0.2) is 0 Å². The van der Waals surface area contributed by atoms with E-state index >= 15 is 0 Å². The van der Waals surface area contributed by atoms with Gasteiger partial charge >= 0.3 is 6.09 Å². The first-order valence-electron chi connectivity index (χ1n) is 7.86. The van der Waals surface area contributed by atoms with Gasteiger partial charge in [-0.2, -0.15) is 0 Å². The third-order valence-corrected chi connectivity index (χ3v) is 4.00. The molecule has 2 heterocycles. The van der Waals surface area contributed by atoms with Crippen LogP contribution >= 0.6 is 0 Å². The number of carbonyl (C=O) groups excluding carboxylic acids is 1. The molecule has 2 rings (SSSR count). The van der Waals surface area contributed by atoms with Crippen LogP contribution in [0.2, 0.25) is 0 Å². The molecule has 2 aliphatic rings. The summed E-state index contributed by atoms with van der Waals surface area (Å²) in [6, 6.07) is 0.550. The average molecular weight is 283 g/mol. The van der Waals surface area contributed by atoms with Crippen LogP contribution < -0.4 is 10.6 Å². The molecule has 2 saturated heterocycles. The second-order valence-electron chi connectivity index (χ2n) is 7.01. The number of carbonyl (C=O) groups is 1. The number of piperidine rings is 1. The average Bonchev–Trinajstić information content (AvgIpc) is 2.88. The van der Waals surface area contributed by atoms with E-state index < -0.39 is 5.60 Å². The Morgan fingerprint density at radius 2 is 2.00 bits per heavy atom. The standard InChI is InChI=1S/C15H29N3O2/c1-15(2,3)20-14(19)18-8-5-13(6-9-18)17-11-12-4-7-16-10-12/h12-13,16-17H,4-11H2,1-3H3. The van der Waals surface area contributed by atoms with Gasteiger partial charge in [-0.15, -0.1) is 0 Å². The fourth-order valence-corrected chi connectivity index (χ4v) is 2.81. The molecule has 2 N–H and O–H groups in total. The van der Waals surface area contributed by atoms with Crippen LogP contribution in [-0.4, -0.2) is 55.4 Å². The van der Waals surface area contributed by atoms with Gasteiger partial charge in [-0.05, 0) is 65.6 Å². The molecular formula is C15H29N3O2. The quantitative estimate of drug-likeness (QED) is 0.826. The van der Waals surface area contributed by atoms with Gasteiger partial charge in [-0.1, -0.05) is 0 Å². The fraction of sp³-hybridized carbons (Fsp3) is 0.933. The van der Waals surface area contributed by atoms with Gasteiger partial charge in [-0.25, -0.2) is 4.79 Å². The fourth-order valence-electron chi connectivity index (χ4n) is 2.81. The zero-order valence-electron chi connectivity index (χ0n) is 13.1. The summed E-state index contributed by atoms with van der Waals surface area (Å²) in [6.07, 6.45) is 3.17. The van der Waals surface area contributed by atoms with Crippen molar-refractivity contribution in [1.29, 1.82) is 0 Å². The predicted molar refractivity (Wildman–Crippen MR) is 79.8 cm³/mol. The molecule has 0 aromatic heterocycles. The molecule has 20 heavy (non-hydrogen) atoms. The number of nitrogens with one attached hydrogen (secondary N) is 2. The zero-order valence-corrected chi connectivity index (χ0v) is 13.1. The third-order valence-electron chi connectivity index (χ3n) is 4.00. The molecule has 1 unspecified atom stereocenters. The zero-order chi connectivity index (χ0) is 14.6. The van der Waals surface area contributed by atoms with Gasteiger partial charge < -0.3 is 20.3 Å². The van der Waals surface area contributed by atoms with Crippen molar-refractivity contribution in [3.8, 4) is 0 Å². The van der Waals surface area contributed by atoms with E-state index in [0.717, 1.165) is 51.5 Å². The highest BCUT2D eigenvalue weighted by Gasteiger charge is 2.27. The summed E-state index contributed by atoms with van der Waals surface area (Å²) in [6.45, 7) is 10.7. The lowest BCUT2D eigenvalue weighted by Crippen LogP contribution is -2.47. The second-order valence-corrected chi connectivity index (χ2v) is 7.01. The summed E-state index contributed by atoms with van der Waals surface area (Å²) < 4.78 is 5.41. The SMILES string of the molecule is CC(C)(C)OC(=O)N1CCC(NCC2CCNC2)CC1. The lowest BCUT2D eigenvalue weighted by atomic mass is 10.0. The summed E-state index contributed by atoms with van der Waals surface area (Å²) in [5.41, 5.74) is -0.401. The Balaban J connectivity index is 1.65. The van der Waals surface area contributed by atoms with Crippen molar-refractivity contribution in [2.24, 2.45) is 5.92 Å². The van der Waals surface area contributed by atoms with Crippen molar-refractivity contribution in [3.63, 3.8) is 0 Å². The second kappa shape index (κ2) is 6.76. The highest BCUT2D eigenvalue weighted by Crippen LogP contribution is 2.16. The van der Waals surface area contributed by atoms with Crippen molar-refractivity contribution in [2.45, 2.75) is 51.7 Å². The van der Waals surface area contributed by atoms with E-state index in [1.807, 2.05) is 25.7 Å². The van der Waals surface area contributed by atoms with E-state index in [-0.39, 0.29) is 6.09 Å². The number of likely N-dealkylation sites (tertiary alicyclic amines) is 1. The van der Waals surface area contributed by atoms with Crippen molar-refractivity contribution < 1.29 is 9.53 Å². The predicted octanol–water partition coefficient (Wildman–Crippen LogP) is 1.59. The summed E-state index contributed by atoms with van der Waals surface area (Å²) in [5.74, 6) is 0.777. The van der Waals surface area contributed by atoms with Crippen LogP contribution in [0.4, 0.5) is 4.79 Å². The smallest absolute Gasteiger partial charge is 0.410 e. The van der Waals surface area contributed by atoms with Crippen LogP contribution in [0.15, 0.2) is 0 Å². The van der Waals surface area contributed by atoms with Crippen molar-refractivity contribution in [1.82, 2.24) is 15.5 Å². The Hall–Kier alpha value is -0.810. The normalized spacial score (nSPS) is 24.9. The van der Waals surface area contributed by atoms with Gasteiger partial charge in [-0.3, -0.25) is 0 Å². The Kier molecular flexibility index (Phi) is 5.27. The molecule has 0 saturated carbocycles. The maximum Gasteiger partial charge on any atom is 0.410 e. The molecule has 1 atom stereocenters. The number of hydrogen-bond donors (Lipinski definition) is 2. The van der Waals surface area contributed by atoms with Crippen LogP contribution in [-0.2, 0) is 4.74 Å². The molecule has 0 aromatic carbocycles. The minimum absolute atomic E-state index is 0.170. The molecule has 0 radical (unpaired) electrons. The van der Waals surface area contributed by atoms with E-state index in [0.29, 0.717) is 6.04 Å². The van der Waals surface area contributed by atoms with E-state index in [2.05, 4.69) is 10.6 Å². The van der Waals surface area contributed by atoms with Crippen LogP contribution in [0.3, 0.4) is 0 Å². The minimum Gasteiger partial charge on any atom is -0.444 e. The van der Waals surface area contributed by atoms with Crippen molar-refractivity contribution in [3.05, 3.63) is 0 Å². The first-order valence-corrected chi connectivity index (χ1v) is 7.86. The molecular weight excluding hydrogens is 254 g/mol. The van der Waals surface area contributed by atoms with Crippen LogP contribution in [0.25, 0.3) is 0 Å². The lowest BCUT2D eigenvalue weighted by molar-refractivity contribution is 0.0198. The van der Waals surface area contributed by atoms with E-state index in [1.54, 1.807) is 0 Å². The third kappa shape index (κ3) is 4.94. The van der Waals surface area contributed by atoms with Gasteiger partial charge in [0.05, 0.1) is 0 Å². The Morgan fingerprint density at radius 3 is 2.55 bits per heavy atom. The van der Waals surface area contributed by atoms with E-state index in [4.69, 9.17) is 4.74 Å². The van der Waals surface area contributed by atoms with Gasteiger partial charge in [0.25, 0.3) is 0 Å². The summed E-state index contributed by atoms with van der Waals surface area (Å²) >= 11 is 0.